The van der Waals surface area contributed by atoms with Gasteiger partial charge in [0.1, 0.15) is 0 Å². The molecule has 0 spiro atoms. The van der Waals surface area contributed by atoms with Crippen LogP contribution >= 0.6 is 0 Å². The van der Waals surface area contributed by atoms with Gasteiger partial charge in [0.15, 0.2) is 0 Å². The average molecular weight is 261 g/mol. The number of aromatic nitrogens is 1. The largest absolute Gasteiger partial charge is 0.326 e. The molecule has 1 aromatic rings. The van der Waals surface area contributed by atoms with Gasteiger partial charge >= 0.3 is 0 Å². The van der Waals surface area contributed by atoms with Gasteiger partial charge in [0.2, 0.25) is 0 Å². The van der Waals surface area contributed by atoms with E-state index in [1.165, 1.54) is 12.8 Å². The SMILES string of the molecule is CCC(N)C(c1ccccn1)N(CC(C)C)C1CC1. The molecule has 1 aromatic heterocycles. The summed E-state index contributed by atoms with van der Waals surface area (Å²) < 4.78 is 0. The normalized spacial score (nSPS) is 18.8. The molecule has 2 rings (SSSR count). The van der Waals surface area contributed by atoms with Gasteiger partial charge in [-0.1, -0.05) is 26.8 Å². The first-order valence-electron chi connectivity index (χ1n) is 7.55. The molecule has 0 saturated heterocycles. The summed E-state index contributed by atoms with van der Waals surface area (Å²) in [7, 11) is 0. The lowest BCUT2D eigenvalue weighted by Crippen LogP contribution is -2.44. The molecule has 2 atom stereocenters. The highest BCUT2D eigenvalue weighted by Gasteiger charge is 2.37. The Kier molecular flexibility index (Phi) is 4.94. The Bertz CT molecular complexity index is 373. The number of hydrogen-bond donors (Lipinski definition) is 1. The van der Waals surface area contributed by atoms with E-state index < -0.39 is 0 Å². The Morgan fingerprint density at radius 3 is 2.58 bits per heavy atom. The van der Waals surface area contributed by atoms with Crippen LogP contribution in [0.15, 0.2) is 24.4 Å². The summed E-state index contributed by atoms with van der Waals surface area (Å²) in [5.41, 5.74) is 7.54. The highest BCUT2D eigenvalue weighted by Crippen LogP contribution is 2.36. The summed E-state index contributed by atoms with van der Waals surface area (Å²) in [5, 5.41) is 0. The van der Waals surface area contributed by atoms with Crippen LogP contribution in [0.4, 0.5) is 0 Å². The van der Waals surface area contributed by atoms with Gasteiger partial charge in [0.05, 0.1) is 11.7 Å². The highest BCUT2D eigenvalue weighted by atomic mass is 15.2. The molecule has 3 heteroatoms. The Balaban J connectivity index is 2.24. The van der Waals surface area contributed by atoms with Gasteiger partial charge in [-0.3, -0.25) is 9.88 Å². The third-order valence-corrected chi connectivity index (χ3v) is 3.82. The van der Waals surface area contributed by atoms with Crippen LogP contribution in [-0.2, 0) is 0 Å². The predicted molar refractivity (Wildman–Crippen MR) is 79.8 cm³/mol. The van der Waals surface area contributed by atoms with Crippen molar-refractivity contribution >= 4 is 0 Å². The van der Waals surface area contributed by atoms with E-state index in [9.17, 15) is 0 Å². The van der Waals surface area contributed by atoms with Crippen LogP contribution in [0.5, 0.6) is 0 Å². The maximum atomic E-state index is 6.41. The molecule has 1 heterocycles. The van der Waals surface area contributed by atoms with Crippen LogP contribution in [0.1, 0.15) is 51.8 Å². The van der Waals surface area contributed by atoms with Crippen molar-refractivity contribution < 1.29 is 0 Å². The van der Waals surface area contributed by atoms with Gasteiger partial charge in [-0.2, -0.15) is 0 Å². The van der Waals surface area contributed by atoms with E-state index in [-0.39, 0.29) is 12.1 Å². The number of hydrogen-bond acceptors (Lipinski definition) is 3. The van der Waals surface area contributed by atoms with Crippen molar-refractivity contribution in [1.82, 2.24) is 9.88 Å². The van der Waals surface area contributed by atoms with E-state index in [1.807, 2.05) is 12.3 Å². The lowest BCUT2D eigenvalue weighted by atomic mass is 9.99. The second-order valence-electron chi connectivity index (χ2n) is 6.09. The molecule has 1 aliphatic rings. The first kappa shape index (κ1) is 14.5. The summed E-state index contributed by atoms with van der Waals surface area (Å²) in [4.78, 5) is 7.16. The molecular formula is C16H27N3. The van der Waals surface area contributed by atoms with E-state index in [2.05, 4.69) is 42.8 Å². The highest BCUT2D eigenvalue weighted by molar-refractivity contribution is 5.13. The van der Waals surface area contributed by atoms with Crippen molar-refractivity contribution in [3.8, 4) is 0 Å². The number of nitrogens with zero attached hydrogens (tertiary/aromatic N) is 2. The molecule has 3 nitrogen and oxygen atoms in total. The molecular weight excluding hydrogens is 234 g/mol. The van der Waals surface area contributed by atoms with Crippen molar-refractivity contribution in [2.75, 3.05) is 6.54 Å². The first-order chi connectivity index (χ1) is 9.13. The third kappa shape index (κ3) is 3.77. The summed E-state index contributed by atoms with van der Waals surface area (Å²) >= 11 is 0. The van der Waals surface area contributed by atoms with Gasteiger partial charge in [-0.25, -0.2) is 0 Å². The Labute approximate surface area is 117 Å². The van der Waals surface area contributed by atoms with Crippen LogP contribution in [0.25, 0.3) is 0 Å². The number of pyridine rings is 1. The monoisotopic (exact) mass is 261 g/mol. The third-order valence-electron chi connectivity index (χ3n) is 3.82. The van der Waals surface area contributed by atoms with Gasteiger partial charge in [-0.15, -0.1) is 0 Å². The van der Waals surface area contributed by atoms with Crippen molar-refractivity contribution in [1.29, 1.82) is 0 Å². The zero-order valence-electron chi connectivity index (χ0n) is 12.4. The lowest BCUT2D eigenvalue weighted by molar-refractivity contribution is 0.138. The topological polar surface area (TPSA) is 42.1 Å². The Hall–Kier alpha value is -0.930. The summed E-state index contributed by atoms with van der Waals surface area (Å²) in [5.74, 6) is 0.663. The second-order valence-corrected chi connectivity index (χ2v) is 6.09. The second kappa shape index (κ2) is 6.49. The molecule has 0 aliphatic heterocycles. The standard InChI is InChI=1S/C16H27N3/c1-4-14(17)16(15-7-5-6-10-18-15)19(11-12(2)3)13-8-9-13/h5-7,10,12-14,16H,4,8-9,11,17H2,1-3H3. The molecule has 0 amide bonds. The van der Waals surface area contributed by atoms with Crippen LogP contribution in [-0.4, -0.2) is 28.5 Å². The van der Waals surface area contributed by atoms with E-state index in [1.54, 1.807) is 0 Å². The maximum absolute atomic E-state index is 6.41. The van der Waals surface area contributed by atoms with Gasteiger partial charge in [0.25, 0.3) is 0 Å². The minimum absolute atomic E-state index is 0.161. The molecule has 1 fully saturated rings. The molecule has 0 bridgehead atoms. The maximum Gasteiger partial charge on any atom is 0.0676 e. The van der Waals surface area contributed by atoms with Crippen molar-refractivity contribution in [3.63, 3.8) is 0 Å². The minimum Gasteiger partial charge on any atom is -0.326 e. The van der Waals surface area contributed by atoms with E-state index >= 15 is 0 Å². The molecule has 106 valence electrons. The summed E-state index contributed by atoms with van der Waals surface area (Å²) in [6, 6.07) is 7.30. The van der Waals surface area contributed by atoms with Crippen molar-refractivity contribution in [3.05, 3.63) is 30.1 Å². The van der Waals surface area contributed by atoms with Crippen molar-refractivity contribution in [2.24, 2.45) is 11.7 Å². The average Bonchev–Trinajstić information content (AvgIpc) is 3.22. The van der Waals surface area contributed by atoms with Gasteiger partial charge in [0, 0.05) is 24.8 Å². The molecule has 0 radical (unpaired) electrons. The van der Waals surface area contributed by atoms with E-state index in [0.717, 1.165) is 18.7 Å². The Morgan fingerprint density at radius 1 is 1.37 bits per heavy atom. The van der Waals surface area contributed by atoms with E-state index in [0.29, 0.717) is 12.0 Å². The fourth-order valence-corrected chi connectivity index (χ4v) is 2.73. The number of nitrogens with two attached hydrogens (primary N) is 1. The first-order valence-corrected chi connectivity index (χ1v) is 7.55. The molecule has 2 N–H and O–H groups in total. The zero-order chi connectivity index (χ0) is 13.8. The fraction of sp³-hybridized carbons (Fsp3) is 0.688. The van der Waals surface area contributed by atoms with E-state index in [4.69, 9.17) is 5.73 Å². The molecule has 19 heavy (non-hydrogen) atoms. The van der Waals surface area contributed by atoms with Crippen LogP contribution in [0.2, 0.25) is 0 Å². The number of rotatable bonds is 7. The van der Waals surface area contributed by atoms with Crippen LogP contribution < -0.4 is 5.73 Å². The minimum atomic E-state index is 0.161. The lowest BCUT2D eigenvalue weighted by Gasteiger charge is -2.36. The van der Waals surface area contributed by atoms with Gasteiger partial charge < -0.3 is 5.73 Å². The Morgan fingerprint density at radius 2 is 2.11 bits per heavy atom. The zero-order valence-corrected chi connectivity index (χ0v) is 12.4. The smallest absolute Gasteiger partial charge is 0.0676 e. The molecule has 2 unspecified atom stereocenters. The predicted octanol–water partition coefficient (Wildman–Crippen LogP) is 2.98. The quantitative estimate of drug-likeness (QED) is 0.820. The van der Waals surface area contributed by atoms with Crippen LogP contribution in [0, 0.1) is 5.92 Å². The summed E-state index contributed by atoms with van der Waals surface area (Å²) in [6.07, 6.45) is 5.49. The molecule has 1 saturated carbocycles. The van der Waals surface area contributed by atoms with Gasteiger partial charge in [-0.05, 0) is 37.3 Å². The fourth-order valence-electron chi connectivity index (χ4n) is 2.73. The molecule has 0 aromatic carbocycles. The molecule has 1 aliphatic carbocycles. The van der Waals surface area contributed by atoms with Crippen molar-refractivity contribution in [2.45, 2.75) is 58.2 Å². The summed E-state index contributed by atoms with van der Waals surface area (Å²) in [6.45, 7) is 7.84. The van der Waals surface area contributed by atoms with Crippen LogP contribution in [0.3, 0.4) is 0 Å².